The Balaban J connectivity index is 2.65. The standard InChI is InChI=1S/C14H20N2O3/c1-2-6-11(15)9-12(17)16-13(14(18)19)10-7-4-3-5-8-10/h3-5,7-8,11,13H,2,6,9,15H2,1H3,(H,16,17)(H,18,19). The highest BCUT2D eigenvalue weighted by molar-refractivity contribution is 5.84. The summed E-state index contributed by atoms with van der Waals surface area (Å²) in [6.45, 7) is 1.99. The van der Waals surface area contributed by atoms with Crippen LogP contribution in [-0.4, -0.2) is 23.0 Å². The molecule has 5 heteroatoms. The van der Waals surface area contributed by atoms with Crippen molar-refractivity contribution in [1.82, 2.24) is 5.32 Å². The molecule has 5 nitrogen and oxygen atoms in total. The van der Waals surface area contributed by atoms with Crippen LogP contribution < -0.4 is 11.1 Å². The van der Waals surface area contributed by atoms with Gasteiger partial charge in [-0.15, -0.1) is 0 Å². The number of nitrogens with one attached hydrogen (secondary N) is 1. The highest BCUT2D eigenvalue weighted by atomic mass is 16.4. The molecule has 0 spiro atoms. The normalized spacial score (nSPS) is 13.6. The third kappa shape index (κ3) is 5.09. The zero-order valence-electron chi connectivity index (χ0n) is 11.0. The van der Waals surface area contributed by atoms with Crippen LogP contribution in [0.2, 0.25) is 0 Å². The van der Waals surface area contributed by atoms with Crippen molar-refractivity contribution in [2.45, 2.75) is 38.3 Å². The number of hydrogen-bond acceptors (Lipinski definition) is 3. The molecule has 19 heavy (non-hydrogen) atoms. The SMILES string of the molecule is CCCC(N)CC(=O)NC(C(=O)O)c1ccccc1. The number of carboxylic acids is 1. The van der Waals surface area contributed by atoms with E-state index >= 15 is 0 Å². The Bertz CT molecular complexity index is 420. The topological polar surface area (TPSA) is 92.4 Å². The molecule has 0 aliphatic rings. The van der Waals surface area contributed by atoms with Gasteiger partial charge in [0.2, 0.25) is 5.91 Å². The second-order valence-corrected chi connectivity index (χ2v) is 4.50. The number of nitrogens with two attached hydrogens (primary N) is 1. The Labute approximate surface area is 112 Å². The lowest BCUT2D eigenvalue weighted by atomic mass is 10.1. The number of carbonyl (C=O) groups is 2. The molecule has 104 valence electrons. The van der Waals surface area contributed by atoms with Crippen LogP contribution >= 0.6 is 0 Å². The molecule has 0 aliphatic carbocycles. The summed E-state index contributed by atoms with van der Waals surface area (Å²) in [5, 5.41) is 11.7. The van der Waals surface area contributed by atoms with Crippen molar-refractivity contribution in [2.24, 2.45) is 5.73 Å². The van der Waals surface area contributed by atoms with E-state index in [2.05, 4.69) is 5.32 Å². The minimum absolute atomic E-state index is 0.143. The van der Waals surface area contributed by atoms with Gasteiger partial charge in [0, 0.05) is 12.5 Å². The average molecular weight is 264 g/mol. The number of carboxylic acid groups (broad SMARTS) is 1. The molecular formula is C14H20N2O3. The first-order chi connectivity index (χ1) is 9.04. The molecule has 0 radical (unpaired) electrons. The van der Waals surface area contributed by atoms with Gasteiger partial charge in [0.1, 0.15) is 0 Å². The third-order valence-electron chi connectivity index (χ3n) is 2.79. The van der Waals surface area contributed by atoms with Crippen LogP contribution in [0, 0.1) is 0 Å². The van der Waals surface area contributed by atoms with Gasteiger partial charge >= 0.3 is 5.97 Å². The van der Waals surface area contributed by atoms with Crippen LogP contribution in [0.25, 0.3) is 0 Å². The number of hydrogen-bond donors (Lipinski definition) is 3. The average Bonchev–Trinajstić information content (AvgIpc) is 2.37. The van der Waals surface area contributed by atoms with E-state index in [1.54, 1.807) is 30.3 Å². The van der Waals surface area contributed by atoms with Crippen molar-refractivity contribution in [2.75, 3.05) is 0 Å². The first-order valence-electron chi connectivity index (χ1n) is 6.37. The molecule has 0 aromatic heterocycles. The maximum atomic E-state index is 11.8. The van der Waals surface area contributed by atoms with Crippen molar-refractivity contribution >= 4 is 11.9 Å². The second kappa shape index (κ2) is 7.53. The minimum Gasteiger partial charge on any atom is -0.479 e. The molecule has 0 saturated heterocycles. The van der Waals surface area contributed by atoms with Gasteiger partial charge in [-0.3, -0.25) is 4.79 Å². The lowest BCUT2D eigenvalue weighted by Crippen LogP contribution is -2.37. The summed E-state index contributed by atoms with van der Waals surface area (Å²) in [6.07, 6.45) is 1.79. The van der Waals surface area contributed by atoms with Gasteiger partial charge in [-0.05, 0) is 12.0 Å². The van der Waals surface area contributed by atoms with Crippen molar-refractivity contribution < 1.29 is 14.7 Å². The molecule has 1 aromatic carbocycles. The fourth-order valence-corrected chi connectivity index (χ4v) is 1.86. The molecule has 0 heterocycles. The first kappa shape index (κ1) is 15.2. The van der Waals surface area contributed by atoms with E-state index < -0.39 is 12.0 Å². The van der Waals surface area contributed by atoms with Crippen LogP contribution in [0.4, 0.5) is 0 Å². The van der Waals surface area contributed by atoms with E-state index in [0.29, 0.717) is 5.56 Å². The van der Waals surface area contributed by atoms with Gasteiger partial charge in [0.15, 0.2) is 6.04 Å². The number of benzene rings is 1. The van der Waals surface area contributed by atoms with E-state index in [-0.39, 0.29) is 18.4 Å². The van der Waals surface area contributed by atoms with Gasteiger partial charge in [-0.25, -0.2) is 4.79 Å². The fourth-order valence-electron chi connectivity index (χ4n) is 1.86. The quantitative estimate of drug-likeness (QED) is 0.695. The molecular weight excluding hydrogens is 244 g/mol. The van der Waals surface area contributed by atoms with E-state index in [1.165, 1.54) is 0 Å². The molecule has 0 saturated carbocycles. The maximum Gasteiger partial charge on any atom is 0.330 e. The molecule has 0 bridgehead atoms. The molecule has 1 amide bonds. The van der Waals surface area contributed by atoms with E-state index in [4.69, 9.17) is 10.8 Å². The number of amides is 1. The van der Waals surface area contributed by atoms with E-state index in [1.807, 2.05) is 6.92 Å². The Morgan fingerprint density at radius 1 is 1.32 bits per heavy atom. The molecule has 4 N–H and O–H groups in total. The Hall–Kier alpha value is -1.88. The lowest BCUT2D eigenvalue weighted by Gasteiger charge is -2.16. The van der Waals surface area contributed by atoms with Gasteiger partial charge in [0.25, 0.3) is 0 Å². The molecule has 2 atom stereocenters. The molecule has 0 aliphatic heterocycles. The Morgan fingerprint density at radius 2 is 1.95 bits per heavy atom. The highest BCUT2D eigenvalue weighted by Gasteiger charge is 2.22. The molecule has 1 rings (SSSR count). The third-order valence-corrected chi connectivity index (χ3v) is 2.79. The van der Waals surface area contributed by atoms with Gasteiger partial charge in [0.05, 0.1) is 0 Å². The van der Waals surface area contributed by atoms with Gasteiger partial charge in [-0.1, -0.05) is 43.7 Å². The Kier molecular flexibility index (Phi) is 6.02. The van der Waals surface area contributed by atoms with Crippen LogP contribution in [0.15, 0.2) is 30.3 Å². The lowest BCUT2D eigenvalue weighted by molar-refractivity contribution is -0.142. The summed E-state index contributed by atoms with van der Waals surface area (Å²) < 4.78 is 0. The molecule has 0 fully saturated rings. The van der Waals surface area contributed by atoms with Crippen molar-refractivity contribution in [3.8, 4) is 0 Å². The smallest absolute Gasteiger partial charge is 0.330 e. The molecule has 2 unspecified atom stereocenters. The predicted molar refractivity (Wildman–Crippen MR) is 72.5 cm³/mol. The first-order valence-corrected chi connectivity index (χ1v) is 6.37. The van der Waals surface area contributed by atoms with Crippen LogP contribution in [0.1, 0.15) is 37.8 Å². The summed E-state index contributed by atoms with van der Waals surface area (Å²) in [4.78, 5) is 23.0. The number of carbonyl (C=O) groups excluding carboxylic acids is 1. The van der Waals surface area contributed by atoms with Crippen molar-refractivity contribution in [1.29, 1.82) is 0 Å². The zero-order valence-corrected chi connectivity index (χ0v) is 11.0. The minimum atomic E-state index is -1.08. The predicted octanol–water partition coefficient (Wildman–Crippen LogP) is 1.45. The van der Waals surface area contributed by atoms with Gasteiger partial charge in [-0.2, -0.15) is 0 Å². The fraction of sp³-hybridized carbons (Fsp3) is 0.429. The van der Waals surface area contributed by atoms with E-state index in [9.17, 15) is 9.59 Å². The Morgan fingerprint density at radius 3 is 2.47 bits per heavy atom. The number of rotatable bonds is 7. The second-order valence-electron chi connectivity index (χ2n) is 4.50. The van der Waals surface area contributed by atoms with Crippen LogP contribution in [-0.2, 0) is 9.59 Å². The van der Waals surface area contributed by atoms with Crippen LogP contribution in [0.3, 0.4) is 0 Å². The number of aliphatic carboxylic acids is 1. The summed E-state index contributed by atoms with van der Waals surface area (Å²) in [5.74, 6) is -1.42. The summed E-state index contributed by atoms with van der Waals surface area (Å²) in [5.41, 5.74) is 6.32. The van der Waals surface area contributed by atoms with Crippen LogP contribution in [0.5, 0.6) is 0 Å². The summed E-state index contributed by atoms with van der Waals surface area (Å²) in [7, 11) is 0. The summed E-state index contributed by atoms with van der Waals surface area (Å²) in [6, 6.07) is 7.36. The largest absolute Gasteiger partial charge is 0.479 e. The zero-order chi connectivity index (χ0) is 14.3. The molecule has 1 aromatic rings. The highest BCUT2D eigenvalue weighted by Crippen LogP contribution is 2.13. The monoisotopic (exact) mass is 264 g/mol. The van der Waals surface area contributed by atoms with Gasteiger partial charge < -0.3 is 16.2 Å². The van der Waals surface area contributed by atoms with E-state index in [0.717, 1.165) is 12.8 Å². The van der Waals surface area contributed by atoms with Crippen molar-refractivity contribution in [3.63, 3.8) is 0 Å². The summed E-state index contributed by atoms with van der Waals surface area (Å²) >= 11 is 0. The van der Waals surface area contributed by atoms with Crippen molar-refractivity contribution in [3.05, 3.63) is 35.9 Å². The maximum absolute atomic E-state index is 11.8.